The fourth-order valence-corrected chi connectivity index (χ4v) is 2.44. The molecule has 25 heavy (non-hydrogen) atoms. The molecule has 0 aliphatic rings. The van der Waals surface area contributed by atoms with Crippen LogP contribution in [-0.2, 0) is 6.54 Å². The molecule has 1 heterocycles. The second kappa shape index (κ2) is 8.16. The molecule has 7 heteroatoms. The lowest BCUT2D eigenvalue weighted by Crippen LogP contribution is -2.36. The smallest absolute Gasteiger partial charge is 0.273 e. The van der Waals surface area contributed by atoms with E-state index in [9.17, 15) is 9.59 Å². The van der Waals surface area contributed by atoms with Gasteiger partial charge in [0.2, 0.25) is 5.89 Å². The number of rotatable bonds is 6. The number of hydrogen-bond donors (Lipinski definition) is 1. The highest BCUT2D eigenvalue weighted by atomic mass is 35.5. The number of carbonyl (C=O) groups is 2. The van der Waals surface area contributed by atoms with E-state index in [2.05, 4.69) is 10.3 Å². The van der Waals surface area contributed by atoms with Crippen LogP contribution in [0.15, 0.2) is 34.9 Å². The number of hydrogen-bond acceptors (Lipinski definition) is 4. The zero-order chi connectivity index (χ0) is 18.6. The van der Waals surface area contributed by atoms with Crippen LogP contribution in [0.3, 0.4) is 0 Å². The summed E-state index contributed by atoms with van der Waals surface area (Å²) in [6.07, 6.45) is 1.30. The number of aromatic nitrogens is 1. The summed E-state index contributed by atoms with van der Waals surface area (Å²) in [7, 11) is 0. The molecule has 0 atom stereocenters. The van der Waals surface area contributed by atoms with Gasteiger partial charge in [-0.25, -0.2) is 4.98 Å². The van der Waals surface area contributed by atoms with Gasteiger partial charge in [-0.05, 0) is 45.9 Å². The summed E-state index contributed by atoms with van der Waals surface area (Å²) in [5.41, 5.74) is 0.688. The van der Waals surface area contributed by atoms with Crippen molar-refractivity contribution in [2.45, 2.75) is 46.3 Å². The van der Waals surface area contributed by atoms with Crippen LogP contribution >= 0.6 is 11.6 Å². The molecule has 0 saturated carbocycles. The first-order valence-corrected chi connectivity index (χ1v) is 8.47. The van der Waals surface area contributed by atoms with E-state index in [1.54, 1.807) is 29.2 Å². The zero-order valence-corrected chi connectivity index (χ0v) is 15.5. The van der Waals surface area contributed by atoms with Crippen molar-refractivity contribution in [2.24, 2.45) is 0 Å². The van der Waals surface area contributed by atoms with E-state index in [4.69, 9.17) is 16.0 Å². The van der Waals surface area contributed by atoms with Crippen molar-refractivity contribution >= 4 is 23.4 Å². The number of halogens is 1. The SMILES string of the molecule is CC(C)NC(=O)c1coc(CN(C(=O)c2cccc(Cl)c2)C(C)C)n1. The first-order valence-electron chi connectivity index (χ1n) is 8.09. The Balaban J connectivity index is 2.16. The van der Waals surface area contributed by atoms with Crippen molar-refractivity contribution in [1.29, 1.82) is 0 Å². The molecule has 0 fully saturated rings. The molecule has 0 bridgehead atoms. The van der Waals surface area contributed by atoms with Gasteiger partial charge in [0.1, 0.15) is 6.26 Å². The Labute approximate surface area is 152 Å². The summed E-state index contributed by atoms with van der Waals surface area (Å²) >= 11 is 5.97. The molecular formula is C18H22ClN3O3. The Bertz CT molecular complexity index is 756. The number of oxazole rings is 1. The van der Waals surface area contributed by atoms with Crippen molar-refractivity contribution in [3.8, 4) is 0 Å². The predicted octanol–water partition coefficient (Wildman–Crippen LogP) is 3.52. The largest absolute Gasteiger partial charge is 0.446 e. The summed E-state index contributed by atoms with van der Waals surface area (Å²) in [6, 6.07) is 6.70. The quantitative estimate of drug-likeness (QED) is 0.852. The molecule has 2 aromatic rings. The molecule has 6 nitrogen and oxygen atoms in total. The number of nitrogens with zero attached hydrogens (tertiary/aromatic N) is 2. The third kappa shape index (κ3) is 5.06. The third-order valence-electron chi connectivity index (χ3n) is 3.47. The van der Waals surface area contributed by atoms with E-state index in [1.807, 2.05) is 27.7 Å². The maximum Gasteiger partial charge on any atom is 0.273 e. The summed E-state index contributed by atoms with van der Waals surface area (Å²) in [4.78, 5) is 30.5. The molecular weight excluding hydrogens is 342 g/mol. The van der Waals surface area contributed by atoms with Crippen LogP contribution in [0.4, 0.5) is 0 Å². The van der Waals surface area contributed by atoms with Crippen LogP contribution in [0.5, 0.6) is 0 Å². The third-order valence-corrected chi connectivity index (χ3v) is 3.70. The Hall–Kier alpha value is -2.34. The average Bonchev–Trinajstić information content (AvgIpc) is 3.00. The molecule has 1 N–H and O–H groups in total. The normalized spacial score (nSPS) is 11.0. The van der Waals surface area contributed by atoms with Crippen molar-refractivity contribution < 1.29 is 14.0 Å². The van der Waals surface area contributed by atoms with Gasteiger partial charge in [0, 0.05) is 22.7 Å². The second-order valence-electron chi connectivity index (χ2n) is 6.29. The molecule has 0 saturated heterocycles. The molecule has 0 spiro atoms. The Morgan fingerprint density at radius 2 is 2.00 bits per heavy atom. The monoisotopic (exact) mass is 363 g/mol. The van der Waals surface area contributed by atoms with Crippen LogP contribution in [0.25, 0.3) is 0 Å². The van der Waals surface area contributed by atoms with Crippen LogP contribution < -0.4 is 5.32 Å². The van der Waals surface area contributed by atoms with Crippen molar-refractivity contribution in [3.63, 3.8) is 0 Å². The minimum Gasteiger partial charge on any atom is -0.446 e. The zero-order valence-electron chi connectivity index (χ0n) is 14.7. The van der Waals surface area contributed by atoms with E-state index >= 15 is 0 Å². The Morgan fingerprint density at radius 1 is 1.28 bits per heavy atom. The Morgan fingerprint density at radius 3 is 2.60 bits per heavy atom. The highest BCUT2D eigenvalue weighted by Gasteiger charge is 2.22. The van der Waals surface area contributed by atoms with Gasteiger partial charge in [-0.3, -0.25) is 9.59 Å². The van der Waals surface area contributed by atoms with E-state index in [-0.39, 0.29) is 36.1 Å². The second-order valence-corrected chi connectivity index (χ2v) is 6.73. The molecule has 0 radical (unpaired) electrons. The van der Waals surface area contributed by atoms with Crippen molar-refractivity contribution in [1.82, 2.24) is 15.2 Å². The lowest BCUT2D eigenvalue weighted by Gasteiger charge is -2.25. The molecule has 0 aliphatic heterocycles. The summed E-state index contributed by atoms with van der Waals surface area (Å²) in [5.74, 6) is -0.177. The van der Waals surface area contributed by atoms with Gasteiger partial charge < -0.3 is 14.6 Å². The van der Waals surface area contributed by atoms with Gasteiger partial charge in [-0.15, -0.1) is 0 Å². The molecule has 1 aromatic heterocycles. The van der Waals surface area contributed by atoms with Gasteiger partial charge in [0.15, 0.2) is 5.69 Å². The van der Waals surface area contributed by atoms with Gasteiger partial charge in [-0.2, -0.15) is 0 Å². The molecule has 1 aromatic carbocycles. The van der Waals surface area contributed by atoms with E-state index < -0.39 is 0 Å². The predicted molar refractivity (Wildman–Crippen MR) is 95.6 cm³/mol. The highest BCUT2D eigenvalue weighted by molar-refractivity contribution is 6.30. The lowest BCUT2D eigenvalue weighted by atomic mass is 10.1. The standard InChI is InChI=1S/C18H22ClN3O3/c1-11(2)20-17(23)15-10-25-16(21-15)9-22(12(3)4)18(24)13-6-5-7-14(19)8-13/h5-8,10-12H,9H2,1-4H3,(H,20,23). The topological polar surface area (TPSA) is 75.4 Å². The minimum absolute atomic E-state index is 0.00391. The summed E-state index contributed by atoms with van der Waals surface area (Å²) in [6.45, 7) is 7.69. The van der Waals surface area contributed by atoms with Gasteiger partial charge in [0.05, 0.1) is 6.54 Å². The lowest BCUT2D eigenvalue weighted by molar-refractivity contribution is 0.0672. The van der Waals surface area contributed by atoms with E-state index in [0.717, 1.165) is 0 Å². The van der Waals surface area contributed by atoms with Gasteiger partial charge >= 0.3 is 0 Å². The van der Waals surface area contributed by atoms with Crippen LogP contribution in [0.2, 0.25) is 5.02 Å². The van der Waals surface area contributed by atoms with Crippen LogP contribution in [0, 0.1) is 0 Å². The number of nitrogens with one attached hydrogen (secondary N) is 1. The Kier molecular flexibility index (Phi) is 6.20. The van der Waals surface area contributed by atoms with Crippen LogP contribution in [0.1, 0.15) is 54.4 Å². The fraction of sp³-hybridized carbons (Fsp3) is 0.389. The average molecular weight is 364 g/mol. The van der Waals surface area contributed by atoms with Gasteiger partial charge in [-0.1, -0.05) is 17.7 Å². The number of amides is 2. The molecule has 0 unspecified atom stereocenters. The van der Waals surface area contributed by atoms with Gasteiger partial charge in [0.25, 0.3) is 11.8 Å². The van der Waals surface area contributed by atoms with Crippen molar-refractivity contribution in [3.05, 3.63) is 52.7 Å². The molecule has 134 valence electrons. The first kappa shape index (κ1) is 19.0. The molecule has 0 aliphatic carbocycles. The highest BCUT2D eigenvalue weighted by Crippen LogP contribution is 2.16. The van der Waals surface area contributed by atoms with E-state index in [0.29, 0.717) is 16.5 Å². The number of benzene rings is 1. The maximum atomic E-state index is 12.7. The summed E-state index contributed by atoms with van der Waals surface area (Å²) in [5, 5.41) is 3.25. The molecule has 2 amide bonds. The van der Waals surface area contributed by atoms with E-state index in [1.165, 1.54) is 6.26 Å². The fourth-order valence-electron chi connectivity index (χ4n) is 2.25. The van der Waals surface area contributed by atoms with Crippen LogP contribution in [-0.4, -0.2) is 33.8 Å². The van der Waals surface area contributed by atoms with Crippen molar-refractivity contribution in [2.75, 3.05) is 0 Å². The maximum absolute atomic E-state index is 12.7. The number of carbonyl (C=O) groups excluding carboxylic acids is 2. The first-order chi connectivity index (χ1) is 11.8. The minimum atomic E-state index is -0.303. The molecule has 2 rings (SSSR count). The summed E-state index contributed by atoms with van der Waals surface area (Å²) < 4.78 is 5.37.